The standard InChI is InChI=1S/C14H17FN2O2S2/c1-9(12-5-3-4-6-13(12)15)17-21(18,19)14-7-11(8-16)20-10(14)2/h3-7,9,17H,8,16H2,1-2H3. The number of hydrogen-bond acceptors (Lipinski definition) is 4. The Balaban J connectivity index is 2.29. The zero-order valence-corrected chi connectivity index (χ0v) is 13.4. The first-order valence-electron chi connectivity index (χ1n) is 6.41. The molecule has 21 heavy (non-hydrogen) atoms. The molecule has 0 aliphatic rings. The molecule has 1 unspecified atom stereocenters. The van der Waals surface area contributed by atoms with Crippen LogP contribution in [0.1, 0.15) is 28.3 Å². The lowest BCUT2D eigenvalue weighted by Crippen LogP contribution is -2.27. The molecule has 2 rings (SSSR count). The molecule has 0 radical (unpaired) electrons. The summed E-state index contributed by atoms with van der Waals surface area (Å²) in [5.74, 6) is -0.433. The zero-order chi connectivity index (χ0) is 15.6. The summed E-state index contributed by atoms with van der Waals surface area (Å²) < 4.78 is 41.0. The van der Waals surface area contributed by atoms with Crippen molar-refractivity contribution in [3.05, 3.63) is 51.5 Å². The fourth-order valence-corrected chi connectivity index (χ4v) is 4.81. The first-order valence-corrected chi connectivity index (χ1v) is 8.71. The minimum Gasteiger partial charge on any atom is -0.326 e. The van der Waals surface area contributed by atoms with Crippen LogP contribution in [0.25, 0.3) is 0 Å². The zero-order valence-electron chi connectivity index (χ0n) is 11.8. The molecule has 2 aromatic rings. The van der Waals surface area contributed by atoms with Crippen molar-refractivity contribution in [3.63, 3.8) is 0 Å². The van der Waals surface area contributed by atoms with E-state index in [1.807, 2.05) is 0 Å². The van der Waals surface area contributed by atoms with E-state index in [1.54, 1.807) is 38.1 Å². The number of nitrogens with two attached hydrogens (primary N) is 1. The topological polar surface area (TPSA) is 72.2 Å². The Morgan fingerprint density at radius 3 is 2.62 bits per heavy atom. The van der Waals surface area contributed by atoms with Crippen LogP contribution in [0.2, 0.25) is 0 Å². The number of rotatable bonds is 5. The van der Waals surface area contributed by atoms with E-state index >= 15 is 0 Å². The summed E-state index contributed by atoms with van der Waals surface area (Å²) in [6.07, 6.45) is 0. The van der Waals surface area contributed by atoms with Gasteiger partial charge in [-0.1, -0.05) is 18.2 Å². The second-order valence-corrected chi connectivity index (χ2v) is 7.73. The quantitative estimate of drug-likeness (QED) is 0.886. The molecule has 1 atom stereocenters. The lowest BCUT2D eigenvalue weighted by molar-refractivity contribution is 0.550. The van der Waals surface area contributed by atoms with Crippen LogP contribution in [0, 0.1) is 12.7 Å². The van der Waals surface area contributed by atoms with Crippen molar-refractivity contribution < 1.29 is 12.8 Å². The first kappa shape index (κ1) is 16.1. The molecule has 0 spiro atoms. The highest BCUT2D eigenvalue weighted by atomic mass is 32.2. The van der Waals surface area contributed by atoms with Gasteiger partial charge in [0, 0.05) is 27.9 Å². The Kier molecular flexibility index (Phi) is 4.77. The molecule has 0 saturated carbocycles. The summed E-state index contributed by atoms with van der Waals surface area (Å²) in [5, 5.41) is 0. The summed E-state index contributed by atoms with van der Waals surface area (Å²) in [4.78, 5) is 1.67. The minimum absolute atomic E-state index is 0.205. The molecular formula is C14H17FN2O2S2. The number of hydrogen-bond donors (Lipinski definition) is 2. The predicted molar refractivity (Wildman–Crippen MR) is 82.1 cm³/mol. The lowest BCUT2D eigenvalue weighted by Gasteiger charge is -2.15. The number of sulfonamides is 1. The van der Waals surface area contributed by atoms with Crippen LogP contribution in [0.5, 0.6) is 0 Å². The van der Waals surface area contributed by atoms with E-state index in [0.29, 0.717) is 17.0 Å². The Morgan fingerprint density at radius 2 is 2.05 bits per heavy atom. The van der Waals surface area contributed by atoms with Gasteiger partial charge in [-0.2, -0.15) is 0 Å². The maximum absolute atomic E-state index is 13.7. The molecule has 1 aromatic heterocycles. The molecule has 0 saturated heterocycles. The summed E-state index contributed by atoms with van der Waals surface area (Å²) in [6.45, 7) is 3.64. The van der Waals surface area contributed by atoms with Gasteiger partial charge in [0.15, 0.2) is 0 Å². The average molecular weight is 328 g/mol. The van der Waals surface area contributed by atoms with Crippen LogP contribution in [0.15, 0.2) is 35.2 Å². The van der Waals surface area contributed by atoms with E-state index in [0.717, 1.165) is 4.88 Å². The van der Waals surface area contributed by atoms with Gasteiger partial charge in [0.2, 0.25) is 10.0 Å². The Hall–Kier alpha value is -1.28. The van der Waals surface area contributed by atoms with Crippen molar-refractivity contribution in [2.75, 3.05) is 0 Å². The smallest absolute Gasteiger partial charge is 0.242 e. The van der Waals surface area contributed by atoms with Gasteiger partial charge in [0.25, 0.3) is 0 Å². The van der Waals surface area contributed by atoms with Crippen LogP contribution in [-0.2, 0) is 16.6 Å². The molecule has 0 fully saturated rings. The van der Waals surface area contributed by atoms with E-state index in [9.17, 15) is 12.8 Å². The number of nitrogens with one attached hydrogen (secondary N) is 1. The molecule has 7 heteroatoms. The largest absolute Gasteiger partial charge is 0.326 e. The maximum Gasteiger partial charge on any atom is 0.242 e. The number of aryl methyl sites for hydroxylation is 1. The lowest BCUT2D eigenvalue weighted by atomic mass is 10.1. The van der Waals surface area contributed by atoms with Crippen molar-refractivity contribution in [3.8, 4) is 0 Å². The Morgan fingerprint density at radius 1 is 1.38 bits per heavy atom. The van der Waals surface area contributed by atoms with Gasteiger partial charge in [-0.25, -0.2) is 17.5 Å². The van der Waals surface area contributed by atoms with Crippen LogP contribution < -0.4 is 10.5 Å². The molecule has 114 valence electrons. The molecule has 0 amide bonds. The predicted octanol–water partition coefficient (Wildman–Crippen LogP) is 2.69. The third-order valence-electron chi connectivity index (χ3n) is 3.12. The van der Waals surface area contributed by atoms with Crippen molar-refractivity contribution in [1.29, 1.82) is 0 Å². The first-order chi connectivity index (χ1) is 9.85. The number of halogens is 1. The van der Waals surface area contributed by atoms with Gasteiger partial charge in [-0.3, -0.25) is 0 Å². The molecule has 1 heterocycles. The second kappa shape index (κ2) is 6.23. The molecular weight excluding hydrogens is 311 g/mol. The fraction of sp³-hybridized carbons (Fsp3) is 0.286. The van der Waals surface area contributed by atoms with E-state index in [4.69, 9.17) is 5.73 Å². The van der Waals surface area contributed by atoms with Gasteiger partial charge < -0.3 is 5.73 Å². The highest BCUT2D eigenvalue weighted by molar-refractivity contribution is 7.89. The number of thiophene rings is 1. The summed E-state index contributed by atoms with van der Waals surface area (Å²) in [6, 6.07) is 7.02. The van der Waals surface area contributed by atoms with Crippen LogP contribution in [0.4, 0.5) is 4.39 Å². The molecule has 1 aromatic carbocycles. The third-order valence-corrected chi connectivity index (χ3v) is 5.99. The highest BCUT2D eigenvalue weighted by Crippen LogP contribution is 2.27. The number of benzene rings is 1. The van der Waals surface area contributed by atoms with Crippen LogP contribution in [-0.4, -0.2) is 8.42 Å². The van der Waals surface area contributed by atoms with Gasteiger partial charge in [0.05, 0.1) is 4.90 Å². The third kappa shape index (κ3) is 3.49. The van der Waals surface area contributed by atoms with Crippen molar-refractivity contribution in [2.24, 2.45) is 5.73 Å². The van der Waals surface area contributed by atoms with E-state index in [1.165, 1.54) is 17.4 Å². The molecule has 0 bridgehead atoms. The SMILES string of the molecule is Cc1sc(CN)cc1S(=O)(=O)NC(C)c1ccccc1F. The van der Waals surface area contributed by atoms with Crippen molar-refractivity contribution in [1.82, 2.24) is 4.72 Å². The molecule has 3 N–H and O–H groups in total. The second-order valence-electron chi connectivity index (χ2n) is 4.70. The van der Waals surface area contributed by atoms with E-state index in [-0.39, 0.29) is 4.90 Å². The molecule has 0 aliphatic carbocycles. The van der Waals surface area contributed by atoms with Gasteiger partial charge >= 0.3 is 0 Å². The van der Waals surface area contributed by atoms with Gasteiger partial charge in [-0.05, 0) is 26.0 Å². The monoisotopic (exact) mass is 328 g/mol. The van der Waals surface area contributed by atoms with Gasteiger partial charge in [0.1, 0.15) is 5.82 Å². The van der Waals surface area contributed by atoms with Crippen LogP contribution in [0.3, 0.4) is 0 Å². The highest BCUT2D eigenvalue weighted by Gasteiger charge is 2.23. The normalized spacial score (nSPS) is 13.3. The van der Waals surface area contributed by atoms with E-state index in [2.05, 4.69) is 4.72 Å². The summed E-state index contributed by atoms with van der Waals surface area (Å²) in [5.41, 5.74) is 5.85. The summed E-state index contributed by atoms with van der Waals surface area (Å²) in [7, 11) is -3.71. The molecule has 0 aliphatic heterocycles. The fourth-order valence-electron chi connectivity index (χ4n) is 2.08. The van der Waals surface area contributed by atoms with Crippen molar-refractivity contribution >= 4 is 21.4 Å². The molecule has 4 nitrogen and oxygen atoms in total. The van der Waals surface area contributed by atoms with Crippen LogP contribution >= 0.6 is 11.3 Å². The maximum atomic E-state index is 13.7. The van der Waals surface area contributed by atoms with E-state index < -0.39 is 21.9 Å². The average Bonchev–Trinajstić information content (AvgIpc) is 2.81. The Labute approximate surface area is 127 Å². The summed E-state index contributed by atoms with van der Waals surface area (Å²) >= 11 is 1.35. The Bertz CT molecular complexity index is 741. The van der Waals surface area contributed by atoms with Gasteiger partial charge in [-0.15, -0.1) is 11.3 Å². The van der Waals surface area contributed by atoms with Crippen molar-refractivity contribution in [2.45, 2.75) is 31.3 Å². The minimum atomic E-state index is -3.71.